The van der Waals surface area contributed by atoms with Crippen LogP contribution in [0, 0.1) is 0 Å². The van der Waals surface area contributed by atoms with Crippen molar-refractivity contribution in [3.05, 3.63) is 23.9 Å². The number of carbonyl (C=O) groups is 1. The molecule has 2 heterocycles. The highest BCUT2D eigenvalue weighted by molar-refractivity contribution is 7.92. The third kappa shape index (κ3) is 4.04. The largest absolute Gasteiger partial charge is 0.339 e. The average molecular weight is 346 g/mol. The first-order valence-electron chi connectivity index (χ1n) is 7.62. The van der Waals surface area contributed by atoms with Crippen LogP contribution in [-0.2, 0) is 14.6 Å². The summed E-state index contributed by atoms with van der Waals surface area (Å²) in [5.74, 6) is -1.36. The van der Waals surface area contributed by atoms with Gasteiger partial charge in [-0.05, 0) is 37.8 Å². The summed E-state index contributed by atoms with van der Waals surface area (Å²) in [6.07, 6.45) is 1.60. The zero-order valence-corrected chi connectivity index (χ0v) is 13.7. The molecule has 1 aromatic rings. The lowest BCUT2D eigenvalue weighted by Crippen LogP contribution is -2.45. The van der Waals surface area contributed by atoms with Crippen molar-refractivity contribution in [1.29, 1.82) is 0 Å². The molecule has 0 radical (unpaired) electrons. The van der Waals surface area contributed by atoms with Gasteiger partial charge in [0.2, 0.25) is 15.7 Å². The minimum Gasteiger partial charge on any atom is -0.339 e. The number of carbonyl (C=O) groups excluding carboxylic acids is 1. The third-order valence-corrected chi connectivity index (χ3v) is 5.62. The first kappa shape index (κ1) is 17.8. The number of nitrogens with zero attached hydrogens (tertiary/aromatic N) is 2. The third-order valence-electron chi connectivity index (χ3n) is 4.06. The van der Waals surface area contributed by atoms with Crippen molar-refractivity contribution in [1.82, 2.24) is 9.88 Å². The van der Waals surface area contributed by atoms with E-state index < -0.39 is 38.5 Å². The molecule has 1 aromatic heterocycles. The molecule has 0 bridgehead atoms. The van der Waals surface area contributed by atoms with E-state index >= 15 is 0 Å². The van der Waals surface area contributed by atoms with Gasteiger partial charge >= 0.3 is 0 Å². The summed E-state index contributed by atoms with van der Waals surface area (Å²) in [4.78, 5) is 17.5. The standard InChI is InChI=1S/C15H20F2N2O3S/c1-2-11-6-3-4-9-19(11)13(20)10-23(21,22)15-12(14(16)17)7-5-8-18-15/h5,7-8,11,14H,2-4,6,9-10H2,1H3. The second-order valence-corrected chi connectivity index (χ2v) is 7.51. The normalized spacial score (nSPS) is 19.1. The van der Waals surface area contributed by atoms with Crippen LogP contribution in [0.5, 0.6) is 0 Å². The number of sulfone groups is 1. The van der Waals surface area contributed by atoms with E-state index in [1.807, 2.05) is 6.92 Å². The Hall–Kier alpha value is -1.57. The second kappa shape index (κ2) is 7.33. The van der Waals surface area contributed by atoms with Gasteiger partial charge in [-0.3, -0.25) is 4.79 Å². The van der Waals surface area contributed by atoms with E-state index in [0.717, 1.165) is 37.9 Å². The van der Waals surface area contributed by atoms with Crippen LogP contribution in [0.25, 0.3) is 0 Å². The minimum atomic E-state index is -4.20. The molecule has 0 aliphatic carbocycles. The molecule has 5 nitrogen and oxygen atoms in total. The van der Waals surface area contributed by atoms with Gasteiger partial charge < -0.3 is 4.90 Å². The molecule has 1 aliphatic heterocycles. The quantitative estimate of drug-likeness (QED) is 0.822. The maximum absolute atomic E-state index is 13.0. The number of rotatable bonds is 5. The van der Waals surface area contributed by atoms with Crippen LogP contribution in [0.15, 0.2) is 23.4 Å². The van der Waals surface area contributed by atoms with E-state index in [1.165, 1.54) is 6.07 Å². The second-order valence-electron chi connectivity index (χ2n) is 5.60. The van der Waals surface area contributed by atoms with Crippen LogP contribution in [0.3, 0.4) is 0 Å². The van der Waals surface area contributed by atoms with Gasteiger partial charge in [0.25, 0.3) is 6.43 Å². The maximum atomic E-state index is 13.0. The Bertz CT molecular complexity index is 664. The fourth-order valence-electron chi connectivity index (χ4n) is 2.90. The van der Waals surface area contributed by atoms with Crippen molar-refractivity contribution in [3.63, 3.8) is 0 Å². The predicted octanol–water partition coefficient (Wildman–Crippen LogP) is 2.58. The average Bonchev–Trinajstić information content (AvgIpc) is 2.54. The monoisotopic (exact) mass is 346 g/mol. The fraction of sp³-hybridized carbons (Fsp3) is 0.600. The van der Waals surface area contributed by atoms with Crippen molar-refractivity contribution in [3.8, 4) is 0 Å². The molecule has 1 fully saturated rings. The van der Waals surface area contributed by atoms with Gasteiger partial charge in [0, 0.05) is 18.8 Å². The highest BCUT2D eigenvalue weighted by atomic mass is 32.2. The molecular formula is C15H20F2N2O3S. The summed E-state index contributed by atoms with van der Waals surface area (Å²) >= 11 is 0. The van der Waals surface area contributed by atoms with Gasteiger partial charge in [-0.2, -0.15) is 0 Å². The molecular weight excluding hydrogens is 326 g/mol. The van der Waals surface area contributed by atoms with Crippen molar-refractivity contribution < 1.29 is 22.0 Å². The molecule has 23 heavy (non-hydrogen) atoms. The highest BCUT2D eigenvalue weighted by Crippen LogP contribution is 2.26. The van der Waals surface area contributed by atoms with E-state index in [-0.39, 0.29) is 6.04 Å². The molecule has 0 spiro atoms. The maximum Gasteiger partial charge on any atom is 0.266 e. The van der Waals surface area contributed by atoms with Crippen LogP contribution in [0.2, 0.25) is 0 Å². The SMILES string of the molecule is CCC1CCCCN1C(=O)CS(=O)(=O)c1ncccc1C(F)F. The molecule has 128 valence electrons. The first-order chi connectivity index (χ1) is 10.9. The van der Waals surface area contributed by atoms with Crippen LogP contribution < -0.4 is 0 Å². The highest BCUT2D eigenvalue weighted by Gasteiger charge is 2.32. The molecule has 1 unspecified atom stereocenters. The topological polar surface area (TPSA) is 67.3 Å². The molecule has 1 amide bonds. The number of hydrogen-bond donors (Lipinski definition) is 0. The van der Waals surface area contributed by atoms with Gasteiger partial charge in [-0.1, -0.05) is 6.92 Å². The number of halogens is 2. The lowest BCUT2D eigenvalue weighted by atomic mass is 10.0. The molecule has 0 saturated carbocycles. The Morgan fingerprint density at radius 2 is 2.17 bits per heavy atom. The van der Waals surface area contributed by atoms with E-state index in [4.69, 9.17) is 0 Å². The molecule has 1 saturated heterocycles. The number of piperidine rings is 1. The zero-order valence-electron chi connectivity index (χ0n) is 12.9. The van der Waals surface area contributed by atoms with Crippen LogP contribution in [0.1, 0.15) is 44.6 Å². The summed E-state index contributed by atoms with van der Waals surface area (Å²) in [7, 11) is -4.20. The van der Waals surface area contributed by atoms with Crippen LogP contribution in [-0.4, -0.2) is 42.5 Å². The zero-order chi connectivity index (χ0) is 17.0. The number of aromatic nitrogens is 1. The predicted molar refractivity (Wildman–Crippen MR) is 80.9 cm³/mol. The van der Waals surface area contributed by atoms with Crippen molar-refractivity contribution >= 4 is 15.7 Å². The number of alkyl halides is 2. The lowest BCUT2D eigenvalue weighted by molar-refractivity contribution is -0.132. The number of amides is 1. The van der Waals surface area contributed by atoms with E-state index in [1.54, 1.807) is 4.90 Å². The van der Waals surface area contributed by atoms with Gasteiger partial charge in [0.05, 0.1) is 5.56 Å². The van der Waals surface area contributed by atoms with E-state index in [9.17, 15) is 22.0 Å². The molecule has 8 heteroatoms. The van der Waals surface area contributed by atoms with Crippen LogP contribution >= 0.6 is 0 Å². The fourth-order valence-corrected chi connectivity index (χ4v) is 4.26. The minimum absolute atomic E-state index is 0.0183. The Morgan fingerprint density at radius 3 is 2.83 bits per heavy atom. The molecule has 0 aromatic carbocycles. The van der Waals surface area contributed by atoms with Gasteiger partial charge in [0.1, 0.15) is 5.75 Å². The van der Waals surface area contributed by atoms with E-state index in [2.05, 4.69) is 4.98 Å². The summed E-state index contributed by atoms with van der Waals surface area (Å²) in [5.41, 5.74) is -0.661. The Labute approximate surface area is 134 Å². The number of pyridine rings is 1. The molecule has 1 aliphatic rings. The summed E-state index contributed by atoms with van der Waals surface area (Å²) in [6.45, 7) is 2.45. The summed E-state index contributed by atoms with van der Waals surface area (Å²) in [6, 6.07) is 2.29. The van der Waals surface area contributed by atoms with Crippen LogP contribution in [0.4, 0.5) is 8.78 Å². The molecule has 1 atom stereocenters. The Morgan fingerprint density at radius 1 is 1.43 bits per heavy atom. The Balaban J connectivity index is 2.23. The number of hydrogen-bond acceptors (Lipinski definition) is 4. The summed E-state index contributed by atoms with van der Waals surface area (Å²) < 4.78 is 50.7. The Kier molecular flexibility index (Phi) is 5.67. The van der Waals surface area contributed by atoms with Gasteiger partial charge in [-0.15, -0.1) is 0 Å². The van der Waals surface area contributed by atoms with Gasteiger partial charge in [-0.25, -0.2) is 22.2 Å². The molecule has 0 N–H and O–H groups in total. The lowest BCUT2D eigenvalue weighted by Gasteiger charge is -2.35. The van der Waals surface area contributed by atoms with Crippen molar-refractivity contribution in [2.24, 2.45) is 0 Å². The smallest absolute Gasteiger partial charge is 0.266 e. The number of likely N-dealkylation sites (tertiary alicyclic amines) is 1. The van der Waals surface area contributed by atoms with E-state index in [0.29, 0.717) is 6.54 Å². The first-order valence-corrected chi connectivity index (χ1v) is 9.27. The summed E-state index contributed by atoms with van der Waals surface area (Å²) in [5, 5.41) is -0.701. The molecule has 2 rings (SSSR count). The van der Waals surface area contributed by atoms with Crippen molar-refractivity contribution in [2.75, 3.05) is 12.3 Å². The van der Waals surface area contributed by atoms with Gasteiger partial charge in [0.15, 0.2) is 5.03 Å². The van der Waals surface area contributed by atoms with Crippen molar-refractivity contribution in [2.45, 2.75) is 50.1 Å².